The summed E-state index contributed by atoms with van der Waals surface area (Å²) in [5.41, 5.74) is 6.98. The summed E-state index contributed by atoms with van der Waals surface area (Å²) >= 11 is 0. The second-order valence-corrected chi connectivity index (χ2v) is 7.35. The van der Waals surface area contributed by atoms with Gasteiger partial charge in [-0.3, -0.25) is 9.59 Å². The second-order valence-electron chi connectivity index (χ2n) is 7.35. The molecular formula is C22H28ClN3O3. The van der Waals surface area contributed by atoms with Crippen molar-refractivity contribution in [2.75, 3.05) is 13.2 Å². The summed E-state index contributed by atoms with van der Waals surface area (Å²) in [5.74, 6) is 0.357. The van der Waals surface area contributed by atoms with Crippen molar-refractivity contribution in [3.8, 4) is 5.75 Å². The van der Waals surface area contributed by atoms with Gasteiger partial charge < -0.3 is 21.1 Å². The van der Waals surface area contributed by atoms with Gasteiger partial charge in [-0.2, -0.15) is 0 Å². The van der Waals surface area contributed by atoms with Gasteiger partial charge in [0.05, 0.1) is 0 Å². The van der Waals surface area contributed by atoms with E-state index >= 15 is 0 Å². The van der Waals surface area contributed by atoms with Gasteiger partial charge in [-0.15, -0.1) is 12.4 Å². The van der Waals surface area contributed by atoms with Gasteiger partial charge >= 0.3 is 0 Å². The van der Waals surface area contributed by atoms with Crippen LogP contribution in [-0.4, -0.2) is 31.0 Å². The number of nitrogens with two attached hydrogens (primary N) is 1. The van der Waals surface area contributed by atoms with Gasteiger partial charge in [0.1, 0.15) is 11.3 Å². The van der Waals surface area contributed by atoms with Crippen molar-refractivity contribution in [1.82, 2.24) is 10.6 Å². The zero-order valence-corrected chi connectivity index (χ0v) is 17.3. The molecule has 1 aliphatic rings. The van der Waals surface area contributed by atoms with Gasteiger partial charge in [-0.05, 0) is 49.4 Å². The van der Waals surface area contributed by atoms with Crippen LogP contribution in [0, 0.1) is 0 Å². The molecular weight excluding hydrogens is 390 g/mol. The molecule has 1 saturated carbocycles. The summed E-state index contributed by atoms with van der Waals surface area (Å²) in [6.07, 6.45) is 2.80. The van der Waals surface area contributed by atoms with Crippen LogP contribution < -0.4 is 21.1 Å². The Balaban J connectivity index is 0.00000300. The predicted octanol–water partition coefficient (Wildman–Crippen LogP) is 2.30. The van der Waals surface area contributed by atoms with E-state index in [4.69, 9.17) is 10.5 Å². The number of amides is 2. The number of benzene rings is 2. The Bertz CT molecular complexity index is 806. The summed E-state index contributed by atoms with van der Waals surface area (Å²) in [6, 6.07) is 17.2. The fourth-order valence-electron chi connectivity index (χ4n) is 2.82. The lowest BCUT2D eigenvalue weighted by atomic mass is 9.92. The number of carbonyl (C=O) groups excluding carboxylic acids is 2. The molecule has 1 aliphatic carbocycles. The molecule has 2 aromatic rings. The molecule has 0 radical (unpaired) electrons. The molecule has 0 aliphatic heterocycles. The average molecular weight is 418 g/mol. The third-order valence-corrected chi connectivity index (χ3v) is 4.78. The number of nitrogens with one attached hydrogen (secondary N) is 2. The second kappa shape index (κ2) is 10.3. The molecule has 2 amide bonds. The molecule has 3 rings (SSSR count). The lowest BCUT2D eigenvalue weighted by Crippen LogP contribution is -2.49. The van der Waals surface area contributed by atoms with E-state index in [2.05, 4.69) is 10.6 Å². The highest BCUT2D eigenvalue weighted by atomic mass is 35.5. The van der Waals surface area contributed by atoms with Crippen LogP contribution in [-0.2, 0) is 21.5 Å². The maximum absolute atomic E-state index is 12.4. The van der Waals surface area contributed by atoms with E-state index in [0.717, 1.165) is 24.0 Å². The molecule has 6 nitrogen and oxygen atoms in total. The van der Waals surface area contributed by atoms with Gasteiger partial charge in [0.25, 0.3) is 5.91 Å². The van der Waals surface area contributed by atoms with Crippen molar-refractivity contribution >= 4 is 24.2 Å². The third kappa shape index (κ3) is 6.76. The fourth-order valence-corrected chi connectivity index (χ4v) is 2.82. The summed E-state index contributed by atoms with van der Waals surface area (Å²) < 4.78 is 5.49. The molecule has 0 aromatic heterocycles. The number of hydrogen-bond acceptors (Lipinski definition) is 4. The number of hydrogen-bond donors (Lipinski definition) is 3. The minimum absolute atomic E-state index is 0. The van der Waals surface area contributed by atoms with Crippen LogP contribution >= 0.6 is 12.4 Å². The highest BCUT2D eigenvalue weighted by molar-refractivity contribution is 5.87. The minimum atomic E-state index is -1.07. The Morgan fingerprint density at radius 3 is 2.38 bits per heavy atom. The van der Waals surface area contributed by atoms with Crippen LogP contribution in [0.25, 0.3) is 0 Å². The first-order valence-electron chi connectivity index (χ1n) is 9.59. The molecule has 156 valence electrons. The first-order chi connectivity index (χ1) is 13.4. The van der Waals surface area contributed by atoms with Gasteiger partial charge in [0, 0.05) is 12.6 Å². The summed E-state index contributed by atoms with van der Waals surface area (Å²) in [4.78, 5) is 24.1. The van der Waals surface area contributed by atoms with Crippen molar-refractivity contribution < 1.29 is 14.3 Å². The van der Waals surface area contributed by atoms with Crippen LogP contribution in [0.1, 0.15) is 30.9 Å². The summed E-state index contributed by atoms with van der Waals surface area (Å²) in [6.45, 7) is 2.23. The predicted molar refractivity (Wildman–Crippen MR) is 115 cm³/mol. The number of carbonyl (C=O) groups is 2. The molecule has 1 fully saturated rings. The Kier molecular flexibility index (Phi) is 8.05. The molecule has 4 N–H and O–H groups in total. The van der Waals surface area contributed by atoms with E-state index in [0.29, 0.717) is 24.8 Å². The maximum Gasteiger partial charge on any atom is 0.258 e. The number of rotatable bonds is 9. The van der Waals surface area contributed by atoms with Crippen molar-refractivity contribution in [1.29, 1.82) is 0 Å². The molecule has 0 spiro atoms. The zero-order valence-electron chi connectivity index (χ0n) is 16.5. The van der Waals surface area contributed by atoms with Gasteiger partial charge in [-0.25, -0.2) is 0 Å². The van der Waals surface area contributed by atoms with Crippen LogP contribution in [0.3, 0.4) is 0 Å². The van der Waals surface area contributed by atoms with Crippen molar-refractivity contribution in [2.24, 2.45) is 5.73 Å². The molecule has 0 heterocycles. The topological polar surface area (TPSA) is 93.5 Å². The zero-order chi connectivity index (χ0) is 20.0. The highest BCUT2D eigenvalue weighted by Crippen LogP contribution is 2.19. The van der Waals surface area contributed by atoms with Crippen LogP contribution in [0.5, 0.6) is 5.75 Å². The average Bonchev–Trinajstić information content (AvgIpc) is 3.52. The van der Waals surface area contributed by atoms with Crippen LogP contribution in [0.2, 0.25) is 0 Å². The van der Waals surface area contributed by atoms with E-state index in [1.165, 1.54) is 0 Å². The smallest absolute Gasteiger partial charge is 0.258 e. The van der Waals surface area contributed by atoms with Crippen molar-refractivity contribution in [2.45, 2.75) is 37.8 Å². The molecule has 0 bridgehead atoms. The van der Waals surface area contributed by atoms with E-state index in [-0.39, 0.29) is 30.8 Å². The lowest BCUT2D eigenvalue weighted by Gasteiger charge is -2.24. The molecule has 0 saturated heterocycles. The Labute approximate surface area is 177 Å². The van der Waals surface area contributed by atoms with Crippen molar-refractivity contribution in [3.05, 3.63) is 65.7 Å². The van der Waals surface area contributed by atoms with E-state index in [1.54, 1.807) is 6.92 Å². The molecule has 1 atom stereocenters. The van der Waals surface area contributed by atoms with Crippen LogP contribution in [0.15, 0.2) is 54.6 Å². The standard InChI is InChI=1S/C22H27N3O3.ClH/c1-22(23,17-5-3-2-4-6-17)21(27)24-14-13-16-7-11-19(12-8-16)28-15-20(26)25-18-9-10-18;/h2-8,11-12,18H,9-10,13-15,23H2,1H3,(H,24,27)(H,25,26);1H. The van der Waals surface area contributed by atoms with E-state index in [1.807, 2.05) is 54.6 Å². The normalized spacial score (nSPS) is 14.8. The molecule has 7 heteroatoms. The minimum Gasteiger partial charge on any atom is -0.484 e. The molecule has 29 heavy (non-hydrogen) atoms. The Morgan fingerprint density at radius 1 is 1.10 bits per heavy atom. The SMILES string of the molecule is CC(N)(C(=O)NCCc1ccc(OCC(=O)NC2CC2)cc1)c1ccccc1.Cl. The summed E-state index contributed by atoms with van der Waals surface area (Å²) in [7, 11) is 0. The molecule has 1 unspecified atom stereocenters. The summed E-state index contributed by atoms with van der Waals surface area (Å²) in [5, 5.41) is 5.78. The first-order valence-corrected chi connectivity index (χ1v) is 9.59. The van der Waals surface area contributed by atoms with Crippen LogP contribution in [0.4, 0.5) is 0 Å². The van der Waals surface area contributed by atoms with Gasteiger partial charge in [0.2, 0.25) is 5.91 Å². The number of halogens is 1. The lowest BCUT2D eigenvalue weighted by molar-refractivity contribution is -0.126. The highest BCUT2D eigenvalue weighted by Gasteiger charge is 2.29. The Morgan fingerprint density at radius 2 is 1.76 bits per heavy atom. The monoisotopic (exact) mass is 417 g/mol. The van der Waals surface area contributed by atoms with Crippen molar-refractivity contribution in [3.63, 3.8) is 0 Å². The Hall–Kier alpha value is -2.57. The maximum atomic E-state index is 12.4. The quantitative estimate of drug-likeness (QED) is 0.583. The fraction of sp³-hybridized carbons (Fsp3) is 0.364. The molecule has 2 aromatic carbocycles. The largest absolute Gasteiger partial charge is 0.484 e. The first kappa shape index (κ1) is 22.7. The third-order valence-electron chi connectivity index (χ3n) is 4.78. The number of ether oxygens (including phenoxy) is 1. The van der Waals surface area contributed by atoms with Gasteiger partial charge in [-0.1, -0.05) is 42.5 Å². The van der Waals surface area contributed by atoms with E-state index < -0.39 is 5.54 Å². The van der Waals surface area contributed by atoms with E-state index in [9.17, 15) is 9.59 Å². The van der Waals surface area contributed by atoms with Gasteiger partial charge in [0.15, 0.2) is 6.61 Å².